The van der Waals surface area contributed by atoms with Crippen LogP contribution in [0.4, 0.5) is 0 Å². The van der Waals surface area contributed by atoms with Gasteiger partial charge in [0.2, 0.25) is 0 Å². The lowest BCUT2D eigenvalue weighted by molar-refractivity contribution is 0.578. The second-order valence-corrected chi connectivity index (χ2v) is 6.87. The van der Waals surface area contributed by atoms with E-state index in [1.807, 2.05) is 6.92 Å². The highest BCUT2D eigenvalue weighted by Crippen LogP contribution is 2.36. The van der Waals surface area contributed by atoms with E-state index in [1.54, 1.807) is 0 Å². The minimum absolute atomic E-state index is 0.964. The zero-order chi connectivity index (χ0) is 16.4. The Labute approximate surface area is 140 Å². The third-order valence-electron chi connectivity index (χ3n) is 5.05. The first-order valence-electron chi connectivity index (χ1n) is 8.37. The van der Waals surface area contributed by atoms with E-state index in [9.17, 15) is 0 Å². The zero-order valence-corrected chi connectivity index (χ0v) is 14.1. The topological polar surface area (TPSA) is 13.1 Å². The Morgan fingerprint density at radius 1 is 0.625 bits per heavy atom. The summed E-state index contributed by atoms with van der Waals surface area (Å²) in [6.45, 7) is 6.34. The average Bonchev–Trinajstić information content (AvgIpc) is 2.92. The monoisotopic (exact) mass is 310 g/mol. The summed E-state index contributed by atoms with van der Waals surface area (Å²) in [6, 6.07) is 20.1. The van der Waals surface area contributed by atoms with Crippen LogP contribution >= 0.6 is 0 Å². The Morgan fingerprint density at radius 2 is 1.46 bits per heavy atom. The second-order valence-electron chi connectivity index (χ2n) is 6.87. The fraction of sp³-hybridized carbons (Fsp3) is 0.130. The molecule has 0 bridgehead atoms. The van der Waals surface area contributed by atoms with Crippen molar-refractivity contribution in [3.05, 3.63) is 71.5 Å². The Kier molecular flexibility index (Phi) is 2.62. The lowest BCUT2D eigenvalue weighted by atomic mass is 9.93. The van der Waals surface area contributed by atoms with Crippen molar-refractivity contribution in [2.45, 2.75) is 20.8 Å². The van der Waals surface area contributed by atoms with Gasteiger partial charge in [-0.05, 0) is 82.9 Å². The molecule has 0 spiro atoms. The van der Waals surface area contributed by atoms with E-state index in [0.29, 0.717) is 0 Å². The van der Waals surface area contributed by atoms with Crippen LogP contribution in [0, 0.1) is 20.8 Å². The van der Waals surface area contributed by atoms with Crippen LogP contribution in [0.5, 0.6) is 0 Å². The van der Waals surface area contributed by atoms with Crippen molar-refractivity contribution in [3.63, 3.8) is 0 Å². The molecule has 0 amide bonds. The van der Waals surface area contributed by atoms with Gasteiger partial charge in [0.1, 0.15) is 11.3 Å². The maximum absolute atomic E-state index is 5.85. The van der Waals surface area contributed by atoms with Gasteiger partial charge in [0, 0.05) is 5.39 Å². The van der Waals surface area contributed by atoms with Gasteiger partial charge < -0.3 is 4.42 Å². The molecule has 1 heteroatoms. The highest BCUT2D eigenvalue weighted by atomic mass is 16.3. The standard InChI is InChI=1S/C23H18O/c1-13-4-5-16-12-20-17(11-18(16)8-13)6-7-19-21-10-15(3)24-22(21)9-14(2)23(19)20/h4-12H,1-3H3. The van der Waals surface area contributed by atoms with E-state index in [-0.39, 0.29) is 0 Å². The van der Waals surface area contributed by atoms with Crippen LogP contribution in [0.2, 0.25) is 0 Å². The van der Waals surface area contributed by atoms with Gasteiger partial charge >= 0.3 is 0 Å². The van der Waals surface area contributed by atoms with Crippen LogP contribution in [0.1, 0.15) is 16.9 Å². The van der Waals surface area contributed by atoms with Crippen LogP contribution in [0.3, 0.4) is 0 Å². The average molecular weight is 310 g/mol. The summed E-state index contributed by atoms with van der Waals surface area (Å²) < 4.78 is 5.85. The van der Waals surface area contributed by atoms with Crippen molar-refractivity contribution in [1.29, 1.82) is 0 Å². The van der Waals surface area contributed by atoms with Gasteiger partial charge in [0.15, 0.2) is 0 Å². The number of hydrogen-bond donors (Lipinski definition) is 0. The van der Waals surface area contributed by atoms with Gasteiger partial charge in [0.25, 0.3) is 0 Å². The fourth-order valence-electron chi connectivity index (χ4n) is 3.96. The molecule has 0 radical (unpaired) electrons. The number of furan rings is 1. The van der Waals surface area contributed by atoms with E-state index in [2.05, 4.69) is 68.4 Å². The third-order valence-corrected chi connectivity index (χ3v) is 5.05. The molecule has 1 aromatic heterocycles. The molecule has 116 valence electrons. The van der Waals surface area contributed by atoms with Crippen molar-refractivity contribution in [2.75, 3.05) is 0 Å². The molecule has 5 rings (SSSR count). The van der Waals surface area contributed by atoms with Crippen LogP contribution in [0.25, 0.3) is 43.3 Å². The minimum Gasteiger partial charge on any atom is -0.461 e. The predicted octanol–water partition coefficient (Wildman–Crippen LogP) is 6.82. The van der Waals surface area contributed by atoms with Crippen molar-refractivity contribution >= 4 is 43.3 Å². The second kappa shape index (κ2) is 4.61. The number of hydrogen-bond acceptors (Lipinski definition) is 1. The Hall–Kier alpha value is -2.80. The number of rotatable bonds is 0. The maximum atomic E-state index is 5.85. The van der Waals surface area contributed by atoms with Gasteiger partial charge in [-0.25, -0.2) is 0 Å². The van der Waals surface area contributed by atoms with Crippen molar-refractivity contribution in [1.82, 2.24) is 0 Å². The van der Waals surface area contributed by atoms with Crippen LogP contribution in [0.15, 0.2) is 59.0 Å². The van der Waals surface area contributed by atoms with Crippen LogP contribution < -0.4 is 0 Å². The Balaban J connectivity index is 2.02. The maximum Gasteiger partial charge on any atom is 0.135 e. The lowest BCUT2D eigenvalue weighted by Gasteiger charge is -2.10. The van der Waals surface area contributed by atoms with Crippen molar-refractivity contribution < 1.29 is 4.42 Å². The number of aryl methyl sites for hydroxylation is 3. The normalized spacial score (nSPS) is 12.0. The molecule has 0 saturated carbocycles. The number of benzene rings is 4. The highest BCUT2D eigenvalue weighted by Gasteiger charge is 2.11. The quantitative estimate of drug-likeness (QED) is 0.226. The molecule has 0 aliphatic heterocycles. The molecule has 0 saturated heterocycles. The summed E-state index contributed by atoms with van der Waals surface area (Å²) in [7, 11) is 0. The van der Waals surface area contributed by atoms with E-state index >= 15 is 0 Å². The summed E-state index contributed by atoms with van der Waals surface area (Å²) in [4.78, 5) is 0. The van der Waals surface area contributed by atoms with Gasteiger partial charge in [-0.15, -0.1) is 0 Å². The van der Waals surface area contributed by atoms with Gasteiger partial charge in [-0.2, -0.15) is 0 Å². The first-order valence-corrected chi connectivity index (χ1v) is 8.37. The molecular formula is C23H18O. The molecule has 5 aromatic rings. The molecule has 24 heavy (non-hydrogen) atoms. The lowest BCUT2D eigenvalue weighted by Crippen LogP contribution is -1.84. The van der Waals surface area contributed by atoms with Crippen molar-refractivity contribution in [2.24, 2.45) is 0 Å². The molecular weight excluding hydrogens is 292 g/mol. The first kappa shape index (κ1) is 13.6. The summed E-state index contributed by atoms with van der Waals surface area (Å²) in [5, 5.41) is 9.04. The van der Waals surface area contributed by atoms with Gasteiger partial charge in [0.05, 0.1) is 0 Å². The summed E-state index contributed by atoms with van der Waals surface area (Å²) in [5.74, 6) is 0.964. The Bertz CT molecular complexity index is 1270. The predicted molar refractivity (Wildman–Crippen MR) is 103 cm³/mol. The Morgan fingerprint density at radius 3 is 2.33 bits per heavy atom. The number of fused-ring (bicyclic) bond motifs is 6. The van der Waals surface area contributed by atoms with Gasteiger partial charge in [-0.1, -0.05) is 35.9 Å². The van der Waals surface area contributed by atoms with E-state index < -0.39 is 0 Å². The fourth-order valence-corrected chi connectivity index (χ4v) is 3.96. The third kappa shape index (κ3) is 1.81. The summed E-state index contributed by atoms with van der Waals surface area (Å²) in [6.07, 6.45) is 0. The van der Waals surface area contributed by atoms with Crippen molar-refractivity contribution in [3.8, 4) is 0 Å². The van der Waals surface area contributed by atoms with E-state index in [0.717, 1.165) is 11.3 Å². The molecule has 0 aliphatic carbocycles. The molecule has 0 unspecified atom stereocenters. The zero-order valence-electron chi connectivity index (χ0n) is 14.1. The first-order chi connectivity index (χ1) is 11.6. The highest BCUT2D eigenvalue weighted by molar-refractivity contribution is 6.20. The molecule has 4 aromatic carbocycles. The summed E-state index contributed by atoms with van der Waals surface area (Å²) in [5.41, 5.74) is 3.55. The molecule has 1 nitrogen and oxygen atoms in total. The minimum atomic E-state index is 0.964. The molecule has 1 heterocycles. The van der Waals surface area contributed by atoms with E-state index in [1.165, 1.54) is 48.8 Å². The molecule has 0 fully saturated rings. The molecule has 0 aliphatic rings. The van der Waals surface area contributed by atoms with Crippen LogP contribution in [-0.4, -0.2) is 0 Å². The molecule has 0 N–H and O–H groups in total. The van der Waals surface area contributed by atoms with E-state index in [4.69, 9.17) is 4.42 Å². The van der Waals surface area contributed by atoms with Crippen LogP contribution in [-0.2, 0) is 0 Å². The van der Waals surface area contributed by atoms with Gasteiger partial charge in [-0.3, -0.25) is 0 Å². The smallest absolute Gasteiger partial charge is 0.135 e. The largest absolute Gasteiger partial charge is 0.461 e. The SMILES string of the molecule is Cc1ccc2cc3c(ccc4c5cc(C)oc5cc(C)c34)cc2c1. The molecule has 0 atom stereocenters. The summed E-state index contributed by atoms with van der Waals surface area (Å²) >= 11 is 0.